The largest absolute Gasteiger partial charge is 0.469 e. The fourth-order valence-corrected chi connectivity index (χ4v) is 1.55. The Morgan fingerprint density at radius 3 is 2.71 bits per heavy atom. The van der Waals surface area contributed by atoms with Crippen LogP contribution in [0.4, 0.5) is 4.39 Å². The summed E-state index contributed by atoms with van der Waals surface area (Å²) in [7, 11) is 1.24. The molecule has 0 saturated carbocycles. The maximum atomic E-state index is 13.4. The van der Waals surface area contributed by atoms with Gasteiger partial charge in [0.1, 0.15) is 5.82 Å². The molecular weight excluding hydrogens is 247 g/mol. The fourth-order valence-electron chi connectivity index (χ4n) is 1.38. The van der Waals surface area contributed by atoms with Gasteiger partial charge in [-0.15, -0.1) is 0 Å². The third kappa shape index (κ3) is 3.53. The van der Waals surface area contributed by atoms with E-state index < -0.39 is 23.5 Å². The van der Waals surface area contributed by atoms with Gasteiger partial charge in [0.25, 0.3) is 0 Å². The van der Waals surface area contributed by atoms with Crippen LogP contribution in [0.2, 0.25) is 5.02 Å². The fraction of sp³-hybridized carbons (Fsp3) is 0.333. The molecule has 0 bridgehead atoms. The van der Waals surface area contributed by atoms with E-state index in [-0.39, 0.29) is 17.0 Å². The van der Waals surface area contributed by atoms with E-state index in [9.17, 15) is 14.0 Å². The monoisotopic (exact) mass is 258 g/mol. The lowest BCUT2D eigenvalue weighted by Crippen LogP contribution is -2.17. The van der Waals surface area contributed by atoms with Gasteiger partial charge >= 0.3 is 5.97 Å². The first-order chi connectivity index (χ1) is 7.95. The first kappa shape index (κ1) is 13.6. The van der Waals surface area contributed by atoms with Crippen LogP contribution in [0.15, 0.2) is 18.2 Å². The van der Waals surface area contributed by atoms with Crippen LogP contribution in [0.5, 0.6) is 0 Å². The lowest BCUT2D eigenvalue weighted by molar-refractivity contribution is -0.141. The molecule has 0 spiro atoms. The third-order valence-corrected chi connectivity index (χ3v) is 2.58. The minimum absolute atomic E-state index is 0.0821. The highest BCUT2D eigenvalue weighted by Gasteiger charge is 2.21. The number of hydrogen-bond donors (Lipinski definition) is 0. The van der Waals surface area contributed by atoms with E-state index in [0.717, 1.165) is 6.07 Å². The van der Waals surface area contributed by atoms with Crippen LogP contribution >= 0.6 is 11.6 Å². The van der Waals surface area contributed by atoms with Crippen LogP contribution < -0.4 is 0 Å². The molecule has 1 aromatic rings. The van der Waals surface area contributed by atoms with E-state index in [1.807, 2.05) is 0 Å². The molecule has 1 unspecified atom stereocenters. The summed E-state index contributed by atoms with van der Waals surface area (Å²) < 4.78 is 17.9. The first-order valence-corrected chi connectivity index (χ1v) is 5.39. The summed E-state index contributed by atoms with van der Waals surface area (Å²) in [6.45, 7) is 1.54. The number of carbonyl (C=O) groups is 2. The van der Waals surface area contributed by atoms with E-state index in [2.05, 4.69) is 4.74 Å². The minimum atomic E-state index is -0.643. The number of rotatable bonds is 4. The molecule has 5 heteroatoms. The zero-order valence-electron chi connectivity index (χ0n) is 9.50. The molecule has 1 atom stereocenters. The summed E-state index contributed by atoms with van der Waals surface area (Å²) in [5.74, 6) is -2.25. The predicted molar refractivity (Wildman–Crippen MR) is 61.5 cm³/mol. The Morgan fingerprint density at radius 2 is 2.12 bits per heavy atom. The van der Waals surface area contributed by atoms with E-state index in [4.69, 9.17) is 11.6 Å². The van der Waals surface area contributed by atoms with Crippen LogP contribution in [0, 0.1) is 11.7 Å². The topological polar surface area (TPSA) is 43.4 Å². The van der Waals surface area contributed by atoms with E-state index >= 15 is 0 Å². The van der Waals surface area contributed by atoms with Gasteiger partial charge < -0.3 is 4.74 Å². The van der Waals surface area contributed by atoms with Crippen molar-refractivity contribution in [3.8, 4) is 0 Å². The molecule has 0 aliphatic carbocycles. The van der Waals surface area contributed by atoms with Gasteiger partial charge in [-0.05, 0) is 18.2 Å². The summed E-state index contributed by atoms with van der Waals surface area (Å²) in [4.78, 5) is 22.9. The van der Waals surface area contributed by atoms with Gasteiger partial charge in [0.15, 0.2) is 5.78 Å². The van der Waals surface area contributed by atoms with Crippen molar-refractivity contribution in [2.45, 2.75) is 13.3 Å². The van der Waals surface area contributed by atoms with Crippen molar-refractivity contribution in [1.29, 1.82) is 0 Å². The van der Waals surface area contributed by atoms with Crippen molar-refractivity contribution in [2.24, 2.45) is 5.92 Å². The average Bonchev–Trinajstić information content (AvgIpc) is 2.31. The Hall–Kier alpha value is -1.42. The molecule has 0 radical (unpaired) electrons. The van der Waals surface area contributed by atoms with Gasteiger partial charge in [-0.25, -0.2) is 4.39 Å². The SMILES string of the molecule is COC(=O)CC(C)C(=O)c1cc(Cl)ccc1F. The molecule has 0 aliphatic rings. The molecule has 0 aromatic heterocycles. The standard InChI is InChI=1S/C12H12ClFO3/c1-7(5-11(15)17-2)12(16)9-6-8(13)3-4-10(9)14/h3-4,6-7H,5H2,1-2H3. The molecule has 0 N–H and O–H groups in total. The molecule has 0 aliphatic heterocycles. The second-order valence-corrected chi connectivity index (χ2v) is 4.11. The number of hydrogen-bond acceptors (Lipinski definition) is 3. The van der Waals surface area contributed by atoms with Crippen molar-refractivity contribution < 1.29 is 18.7 Å². The normalized spacial score (nSPS) is 12.0. The number of halogens is 2. The lowest BCUT2D eigenvalue weighted by atomic mass is 9.96. The van der Waals surface area contributed by atoms with E-state index in [1.165, 1.54) is 19.2 Å². The number of methoxy groups -OCH3 is 1. The maximum absolute atomic E-state index is 13.4. The molecule has 92 valence electrons. The summed E-state index contributed by atoms with van der Waals surface area (Å²) >= 11 is 5.69. The van der Waals surface area contributed by atoms with Crippen molar-refractivity contribution >= 4 is 23.4 Å². The summed E-state index contributed by atoms with van der Waals surface area (Å²) in [5, 5.41) is 0.278. The number of esters is 1. The van der Waals surface area contributed by atoms with Crippen LogP contribution in [-0.2, 0) is 9.53 Å². The van der Waals surface area contributed by atoms with E-state index in [0.29, 0.717) is 0 Å². The lowest BCUT2D eigenvalue weighted by Gasteiger charge is -2.09. The van der Waals surface area contributed by atoms with Gasteiger partial charge in [-0.3, -0.25) is 9.59 Å². The summed E-state index contributed by atoms with van der Waals surface area (Å²) in [6.07, 6.45) is -0.0821. The number of carbonyl (C=O) groups excluding carboxylic acids is 2. The highest BCUT2D eigenvalue weighted by molar-refractivity contribution is 6.31. The van der Waals surface area contributed by atoms with Crippen molar-refractivity contribution in [1.82, 2.24) is 0 Å². The van der Waals surface area contributed by atoms with Gasteiger partial charge in [-0.1, -0.05) is 18.5 Å². The Labute approximate surface area is 104 Å². The molecule has 1 aromatic carbocycles. The number of ketones is 1. The molecule has 0 fully saturated rings. The second-order valence-electron chi connectivity index (χ2n) is 3.67. The number of ether oxygens (including phenoxy) is 1. The number of Topliss-reactive ketones (excluding diaryl/α,β-unsaturated/α-hetero) is 1. The molecule has 17 heavy (non-hydrogen) atoms. The smallest absolute Gasteiger partial charge is 0.306 e. The summed E-state index contributed by atoms with van der Waals surface area (Å²) in [6, 6.07) is 3.74. The zero-order valence-corrected chi connectivity index (χ0v) is 10.3. The Kier molecular flexibility index (Phi) is 4.63. The molecule has 3 nitrogen and oxygen atoms in total. The second kappa shape index (κ2) is 5.77. The summed E-state index contributed by atoms with van der Waals surface area (Å²) in [5.41, 5.74) is -0.103. The van der Waals surface area contributed by atoms with Gasteiger partial charge in [0, 0.05) is 10.9 Å². The van der Waals surface area contributed by atoms with Crippen molar-refractivity contribution in [3.05, 3.63) is 34.6 Å². The first-order valence-electron chi connectivity index (χ1n) is 5.01. The Bertz CT molecular complexity index is 445. The number of benzene rings is 1. The highest BCUT2D eigenvalue weighted by atomic mass is 35.5. The molecule has 0 heterocycles. The minimum Gasteiger partial charge on any atom is -0.469 e. The van der Waals surface area contributed by atoms with E-state index in [1.54, 1.807) is 6.92 Å². The van der Waals surface area contributed by atoms with Crippen LogP contribution in [0.25, 0.3) is 0 Å². The third-order valence-electron chi connectivity index (χ3n) is 2.34. The van der Waals surface area contributed by atoms with Gasteiger partial charge in [-0.2, -0.15) is 0 Å². The van der Waals surface area contributed by atoms with Crippen molar-refractivity contribution in [2.75, 3.05) is 7.11 Å². The average molecular weight is 259 g/mol. The molecular formula is C12H12ClFO3. The van der Waals surface area contributed by atoms with Gasteiger partial charge in [0.05, 0.1) is 19.1 Å². The Balaban J connectivity index is 2.88. The highest BCUT2D eigenvalue weighted by Crippen LogP contribution is 2.19. The van der Waals surface area contributed by atoms with Gasteiger partial charge in [0.2, 0.25) is 0 Å². The molecule has 0 saturated heterocycles. The van der Waals surface area contributed by atoms with Crippen LogP contribution in [-0.4, -0.2) is 18.9 Å². The molecule has 1 rings (SSSR count). The quantitative estimate of drug-likeness (QED) is 0.616. The van der Waals surface area contributed by atoms with Crippen LogP contribution in [0.3, 0.4) is 0 Å². The zero-order chi connectivity index (χ0) is 13.0. The Morgan fingerprint density at radius 1 is 1.47 bits per heavy atom. The maximum Gasteiger partial charge on any atom is 0.306 e. The van der Waals surface area contributed by atoms with Crippen molar-refractivity contribution in [3.63, 3.8) is 0 Å². The predicted octanol–water partition coefficient (Wildman–Crippen LogP) is 2.86. The molecule has 0 amide bonds. The van der Waals surface area contributed by atoms with Crippen LogP contribution in [0.1, 0.15) is 23.7 Å².